The van der Waals surface area contributed by atoms with Crippen molar-refractivity contribution >= 4 is 9.84 Å². The summed E-state index contributed by atoms with van der Waals surface area (Å²) in [6, 6.07) is 0. The largest absolute Gasteiger partial charge is 0.252 e. The maximum atomic E-state index is 11.8. The number of alkyl halides is 2. The van der Waals surface area contributed by atoms with Gasteiger partial charge < -0.3 is 0 Å². The molecule has 1 rings (SSSR count). The van der Waals surface area contributed by atoms with Crippen LogP contribution in [0.5, 0.6) is 0 Å². The Kier molecular flexibility index (Phi) is 3.04. The molecule has 71 valence electrons. The summed E-state index contributed by atoms with van der Waals surface area (Å²) in [7, 11) is -3.59. The molecule has 0 atom stereocenters. The molecule has 1 saturated carbocycles. The molecule has 0 unspecified atom stereocenters. The molecule has 0 N–H and O–H groups in total. The second-order valence-corrected chi connectivity index (χ2v) is 5.06. The highest BCUT2D eigenvalue weighted by Gasteiger charge is 2.31. The van der Waals surface area contributed by atoms with Gasteiger partial charge in [0.15, 0.2) is 9.84 Å². The summed E-state index contributed by atoms with van der Waals surface area (Å²) < 4.78 is 45.8. The zero-order valence-corrected chi connectivity index (χ0v) is 7.41. The van der Waals surface area contributed by atoms with E-state index >= 15 is 0 Å². The van der Waals surface area contributed by atoms with Gasteiger partial charge in [0.05, 0.1) is 5.25 Å². The molecular weight excluding hydrogens is 186 g/mol. The van der Waals surface area contributed by atoms with Crippen LogP contribution in [0.25, 0.3) is 0 Å². The zero-order chi connectivity index (χ0) is 9.19. The standard InChI is InChI=1S/C7H11F2O2S/c8-7(9)5-12(10,11)6-3-1-2-4-6/h7H,1-5H2. The van der Waals surface area contributed by atoms with Crippen molar-refractivity contribution < 1.29 is 17.2 Å². The highest BCUT2D eigenvalue weighted by molar-refractivity contribution is 7.94. The van der Waals surface area contributed by atoms with Crippen LogP contribution in [0.4, 0.5) is 8.78 Å². The molecule has 5 heteroatoms. The van der Waals surface area contributed by atoms with Crippen molar-refractivity contribution in [1.29, 1.82) is 0 Å². The lowest BCUT2D eigenvalue weighted by Gasteiger charge is -2.08. The molecule has 1 aliphatic rings. The Morgan fingerprint density at radius 3 is 2.17 bits per heavy atom. The van der Waals surface area contributed by atoms with Crippen molar-refractivity contribution in [1.82, 2.24) is 0 Å². The third-order valence-electron chi connectivity index (χ3n) is 1.95. The summed E-state index contributed by atoms with van der Waals surface area (Å²) in [6.45, 7) is 0. The van der Waals surface area contributed by atoms with E-state index in [1.165, 1.54) is 0 Å². The summed E-state index contributed by atoms with van der Waals surface area (Å²) in [4.78, 5) is 0. The molecule has 0 saturated heterocycles. The van der Waals surface area contributed by atoms with Crippen LogP contribution in [0.3, 0.4) is 0 Å². The summed E-state index contributed by atoms with van der Waals surface area (Å²) in [5.41, 5.74) is 0. The van der Waals surface area contributed by atoms with Gasteiger partial charge in [-0.1, -0.05) is 12.8 Å². The van der Waals surface area contributed by atoms with E-state index in [4.69, 9.17) is 0 Å². The Bertz CT molecular complexity index is 230. The highest BCUT2D eigenvalue weighted by Crippen LogP contribution is 2.32. The topological polar surface area (TPSA) is 34.1 Å². The molecule has 0 bridgehead atoms. The first-order valence-corrected chi connectivity index (χ1v) is 5.53. The average Bonchev–Trinajstić information content (AvgIpc) is 2.32. The molecule has 1 fully saturated rings. The van der Waals surface area contributed by atoms with E-state index in [-0.39, 0.29) is 0 Å². The number of rotatable bonds is 3. The van der Waals surface area contributed by atoms with Gasteiger partial charge in [-0.3, -0.25) is 0 Å². The Balaban J connectivity index is 2.58. The first-order chi connectivity index (χ1) is 5.52. The second kappa shape index (κ2) is 3.68. The normalized spacial score (nSPS) is 20.6. The lowest BCUT2D eigenvalue weighted by atomic mass is 10.4. The predicted octanol–water partition coefficient (Wildman–Crippen LogP) is 1.77. The second-order valence-electron chi connectivity index (χ2n) is 2.92. The first-order valence-electron chi connectivity index (χ1n) is 3.88. The number of hydrogen-bond donors (Lipinski definition) is 0. The fourth-order valence-corrected chi connectivity index (χ4v) is 2.84. The fourth-order valence-electron chi connectivity index (χ4n) is 1.36. The van der Waals surface area contributed by atoms with E-state index in [1.54, 1.807) is 0 Å². The number of sulfone groups is 1. The molecule has 0 aromatic heterocycles. The van der Waals surface area contributed by atoms with Crippen molar-refractivity contribution in [3.05, 3.63) is 5.25 Å². The van der Waals surface area contributed by atoms with Gasteiger partial charge in [-0.15, -0.1) is 0 Å². The van der Waals surface area contributed by atoms with E-state index in [1.807, 2.05) is 0 Å². The summed E-state index contributed by atoms with van der Waals surface area (Å²) in [5, 5.41) is 0.322. The van der Waals surface area contributed by atoms with Crippen LogP contribution in [0.15, 0.2) is 0 Å². The maximum Gasteiger partial charge on any atom is 0.252 e. The van der Waals surface area contributed by atoms with Gasteiger partial charge in [0, 0.05) is 0 Å². The zero-order valence-electron chi connectivity index (χ0n) is 6.59. The molecule has 0 aliphatic heterocycles. The molecular formula is C7H11F2O2S. The van der Waals surface area contributed by atoms with Crippen molar-refractivity contribution in [2.24, 2.45) is 0 Å². The third kappa shape index (κ3) is 2.40. The van der Waals surface area contributed by atoms with Crippen molar-refractivity contribution in [2.75, 3.05) is 5.75 Å². The minimum Gasteiger partial charge on any atom is -0.228 e. The fraction of sp³-hybridized carbons (Fsp3) is 0.857. The van der Waals surface area contributed by atoms with Crippen LogP contribution in [-0.4, -0.2) is 20.6 Å². The minimum atomic E-state index is -3.59. The Morgan fingerprint density at radius 2 is 1.75 bits per heavy atom. The van der Waals surface area contributed by atoms with Gasteiger partial charge >= 0.3 is 0 Å². The van der Waals surface area contributed by atoms with Gasteiger partial charge in [-0.25, -0.2) is 17.2 Å². The SMILES string of the molecule is O=S(=O)(CC(F)F)[C]1CCCC1. The van der Waals surface area contributed by atoms with E-state index < -0.39 is 22.0 Å². The monoisotopic (exact) mass is 197 g/mol. The van der Waals surface area contributed by atoms with Gasteiger partial charge in [-0.05, 0) is 12.8 Å². The molecule has 0 aromatic carbocycles. The smallest absolute Gasteiger partial charge is 0.228 e. The molecule has 2 nitrogen and oxygen atoms in total. The van der Waals surface area contributed by atoms with Crippen LogP contribution in [0.2, 0.25) is 0 Å². The lowest BCUT2D eigenvalue weighted by molar-refractivity contribution is 0.174. The minimum absolute atomic E-state index is 0.322. The van der Waals surface area contributed by atoms with Crippen LogP contribution < -0.4 is 0 Å². The summed E-state index contributed by atoms with van der Waals surface area (Å²) in [6.07, 6.45) is -0.150. The lowest BCUT2D eigenvalue weighted by Crippen LogP contribution is -2.18. The van der Waals surface area contributed by atoms with Gasteiger partial charge in [0.1, 0.15) is 5.75 Å². The van der Waals surface area contributed by atoms with Gasteiger partial charge in [0.25, 0.3) is 6.43 Å². The molecule has 0 spiro atoms. The van der Waals surface area contributed by atoms with E-state index in [2.05, 4.69) is 0 Å². The molecule has 1 aliphatic carbocycles. The molecule has 0 amide bonds. The number of hydrogen-bond acceptors (Lipinski definition) is 2. The highest BCUT2D eigenvalue weighted by atomic mass is 32.2. The van der Waals surface area contributed by atoms with Gasteiger partial charge in [0.2, 0.25) is 0 Å². The predicted molar refractivity (Wildman–Crippen MR) is 41.5 cm³/mol. The Labute approximate surface area is 70.9 Å². The first kappa shape index (κ1) is 9.89. The van der Waals surface area contributed by atoms with Crippen molar-refractivity contribution in [3.63, 3.8) is 0 Å². The van der Waals surface area contributed by atoms with Crippen molar-refractivity contribution in [3.8, 4) is 0 Å². The Hall–Kier alpha value is -0.190. The molecule has 0 aromatic rings. The summed E-state index contributed by atoms with van der Waals surface area (Å²) in [5.74, 6) is -0.998. The average molecular weight is 197 g/mol. The van der Waals surface area contributed by atoms with E-state index in [0.717, 1.165) is 12.8 Å². The van der Waals surface area contributed by atoms with Crippen LogP contribution >= 0.6 is 0 Å². The molecule has 1 radical (unpaired) electrons. The van der Waals surface area contributed by atoms with Gasteiger partial charge in [-0.2, -0.15) is 0 Å². The molecule has 0 heterocycles. The Morgan fingerprint density at radius 1 is 1.25 bits per heavy atom. The van der Waals surface area contributed by atoms with Crippen molar-refractivity contribution in [2.45, 2.75) is 32.1 Å². The van der Waals surface area contributed by atoms with Crippen LogP contribution in [-0.2, 0) is 9.84 Å². The quantitative estimate of drug-likeness (QED) is 0.691. The maximum absolute atomic E-state index is 11.8. The number of halogens is 2. The third-order valence-corrected chi connectivity index (χ3v) is 3.93. The molecule has 12 heavy (non-hydrogen) atoms. The van der Waals surface area contributed by atoms with E-state index in [9.17, 15) is 17.2 Å². The summed E-state index contributed by atoms with van der Waals surface area (Å²) >= 11 is 0. The van der Waals surface area contributed by atoms with Crippen LogP contribution in [0.1, 0.15) is 25.7 Å². The van der Waals surface area contributed by atoms with E-state index in [0.29, 0.717) is 18.1 Å². The van der Waals surface area contributed by atoms with Crippen LogP contribution in [0, 0.1) is 5.25 Å².